The van der Waals surface area contributed by atoms with Crippen molar-refractivity contribution in [1.29, 1.82) is 5.26 Å². The molecular formula is C19H16F2N6O2. The number of urea groups is 1. The van der Waals surface area contributed by atoms with Crippen molar-refractivity contribution in [3.05, 3.63) is 53.5 Å². The smallest absolute Gasteiger partial charge is 0.341 e. The van der Waals surface area contributed by atoms with Gasteiger partial charge in [0, 0.05) is 31.7 Å². The molecule has 4 rings (SSSR count). The van der Waals surface area contributed by atoms with Crippen LogP contribution in [0, 0.1) is 23.0 Å². The van der Waals surface area contributed by atoms with Crippen LogP contribution >= 0.6 is 0 Å². The minimum absolute atomic E-state index is 0.144. The fraction of sp³-hybridized carbons (Fsp3) is 0.316. The van der Waals surface area contributed by atoms with E-state index in [1.54, 1.807) is 11.1 Å². The Hall–Kier alpha value is -3.61. The summed E-state index contributed by atoms with van der Waals surface area (Å²) in [5.41, 5.74) is 0.494. The average molecular weight is 398 g/mol. The van der Waals surface area contributed by atoms with E-state index in [9.17, 15) is 13.6 Å². The summed E-state index contributed by atoms with van der Waals surface area (Å²) in [6.07, 6.45) is 4.93. The largest absolute Gasteiger partial charge is 0.471 e. The number of nitriles is 1. The van der Waals surface area contributed by atoms with Gasteiger partial charge in [-0.05, 0) is 17.7 Å². The van der Waals surface area contributed by atoms with Crippen LogP contribution in [-0.4, -0.2) is 51.3 Å². The molecule has 2 atom stereocenters. The Kier molecular flexibility index (Phi) is 5.03. The highest BCUT2D eigenvalue weighted by molar-refractivity contribution is 5.78. The number of halogens is 2. The number of amides is 2. The van der Waals surface area contributed by atoms with E-state index in [1.807, 2.05) is 6.07 Å². The van der Waals surface area contributed by atoms with E-state index in [0.29, 0.717) is 31.5 Å². The van der Waals surface area contributed by atoms with Gasteiger partial charge in [0.2, 0.25) is 5.88 Å². The van der Waals surface area contributed by atoms with E-state index in [0.717, 1.165) is 6.07 Å². The van der Waals surface area contributed by atoms with Crippen molar-refractivity contribution in [1.82, 2.24) is 19.9 Å². The molecule has 0 saturated carbocycles. The highest BCUT2D eigenvalue weighted by atomic mass is 19.1. The van der Waals surface area contributed by atoms with Gasteiger partial charge in [0.15, 0.2) is 5.69 Å². The molecule has 0 aliphatic carbocycles. The lowest BCUT2D eigenvalue weighted by Gasteiger charge is -2.27. The Morgan fingerprint density at radius 2 is 2.03 bits per heavy atom. The summed E-state index contributed by atoms with van der Waals surface area (Å²) < 4.78 is 32.9. The Labute approximate surface area is 165 Å². The molecule has 2 unspecified atom stereocenters. The Morgan fingerprint density at radius 1 is 1.24 bits per heavy atom. The van der Waals surface area contributed by atoms with Gasteiger partial charge in [-0.25, -0.2) is 18.6 Å². The van der Waals surface area contributed by atoms with Crippen LogP contribution in [0.2, 0.25) is 0 Å². The lowest BCUT2D eigenvalue weighted by Crippen LogP contribution is -2.40. The molecular weight excluding hydrogens is 382 g/mol. The fourth-order valence-corrected chi connectivity index (χ4v) is 3.42. The summed E-state index contributed by atoms with van der Waals surface area (Å²) in [6, 6.07) is 4.17. The van der Waals surface area contributed by atoms with Crippen LogP contribution in [0.3, 0.4) is 0 Å². The average Bonchev–Trinajstić information content (AvgIpc) is 3.36. The van der Waals surface area contributed by atoms with Gasteiger partial charge in [0.05, 0.1) is 25.0 Å². The summed E-state index contributed by atoms with van der Waals surface area (Å²) in [6.45, 7) is 0.735. The molecule has 0 N–H and O–H groups in total. The molecule has 1 saturated heterocycles. The first-order chi connectivity index (χ1) is 14.0. The van der Waals surface area contributed by atoms with E-state index in [-0.39, 0.29) is 23.7 Å². The zero-order valence-electron chi connectivity index (χ0n) is 15.2. The lowest BCUT2D eigenvalue weighted by atomic mass is 10.0. The third-order valence-corrected chi connectivity index (χ3v) is 4.73. The summed E-state index contributed by atoms with van der Waals surface area (Å²) in [4.78, 5) is 22.4. The van der Waals surface area contributed by atoms with E-state index in [4.69, 9.17) is 10.00 Å². The molecule has 0 spiro atoms. The summed E-state index contributed by atoms with van der Waals surface area (Å²) >= 11 is 0. The second-order valence-electron chi connectivity index (χ2n) is 6.71. The molecule has 29 heavy (non-hydrogen) atoms. The van der Waals surface area contributed by atoms with Gasteiger partial charge in [0.25, 0.3) is 0 Å². The van der Waals surface area contributed by atoms with Gasteiger partial charge in [0.1, 0.15) is 23.8 Å². The topological polar surface area (TPSA) is 94.7 Å². The van der Waals surface area contributed by atoms with Gasteiger partial charge in [-0.15, -0.1) is 0 Å². The summed E-state index contributed by atoms with van der Waals surface area (Å²) in [5, 5.41) is 14.2. The minimum Gasteiger partial charge on any atom is -0.471 e. The maximum atomic E-state index is 13.6. The quantitative estimate of drug-likeness (QED) is 0.792. The van der Waals surface area contributed by atoms with Crippen LogP contribution in [0.25, 0.3) is 0 Å². The Balaban J connectivity index is 1.43. The van der Waals surface area contributed by atoms with Crippen LogP contribution in [0.4, 0.5) is 13.6 Å². The number of benzene rings is 1. The first-order valence-electron chi connectivity index (χ1n) is 8.99. The molecule has 1 aromatic heterocycles. The van der Waals surface area contributed by atoms with E-state index in [2.05, 4.69) is 15.1 Å². The molecule has 10 heteroatoms. The highest BCUT2D eigenvalue weighted by Gasteiger charge is 2.36. The van der Waals surface area contributed by atoms with Gasteiger partial charge in [-0.1, -0.05) is 0 Å². The highest BCUT2D eigenvalue weighted by Crippen LogP contribution is 2.31. The maximum Gasteiger partial charge on any atom is 0.341 e. The summed E-state index contributed by atoms with van der Waals surface area (Å²) in [7, 11) is 0. The first kappa shape index (κ1) is 18.7. The Morgan fingerprint density at radius 3 is 2.79 bits per heavy atom. The molecule has 148 valence electrons. The van der Waals surface area contributed by atoms with E-state index >= 15 is 0 Å². The van der Waals surface area contributed by atoms with Gasteiger partial charge >= 0.3 is 6.03 Å². The molecule has 8 nitrogen and oxygen atoms in total. The third kappa shape index (κ3) is 3.99. The molecule has 0 radical (unpaired) electrons. The molecule has 2 aliphatic rings. The predicted octanol–water partition coefficient (Wildman–Crippen LogP) is 2.63. The number of likely N-dealkylation sites (tertiary alicyclic amines) is 1. The van der Waals surface area contributed by atoms with E-state index in [1.165, 1.54) is 29.5 Å². The number of nitrogens with zero attached hydrogens (tertiary/aromatic N) is 6. The lowest BCUT2D eigenvalue weighted by molar-refractivity contribution is 0.141. The fourth-order valence-electron chi connectivity index (χ4n) is 3.42. The number of carbonyl (C=O) groups is 1. The number of hydrazone groups is 1. The number of rotatable bonds is 3. The van der Waals surface area contributed by atoms with Crippen LogP contribution in [-0.2, 0) is 0 Å². The molecule has 2 amide bonds. The normalized spacial score (nSPS) is 20.7. The predicted molar refractivity (Wildman–Crippen MR) is 96.8 cm³/mol. The maximum absolute atomic E-state index is 13.6. The molecule has 2 aliphatic heterocycles. The summed E-state index contributed by atoms with van der Waals surface area (Å²) in [5.74, 6) is -1.18. The van der Waals surface area contributed by atoms with Crippen molar-refractivity contribution in [2.45, 2.75) is 25.0 Å². The van der Waals surface area contributed by atoms with Crippen molar-refractivity contribution >= 4 is 12.2 Å². The standard InChI is InChI=1S/C19H16F2N6O2/c20-13-5-12(6-14(21)7-13)17-1-3-24-27(17)19(28)26-4-2-16(11-26)29-18-10-23-9-15(8-22)25-18/h3,5-7,9-10,16-17H,1-2,4,11H2. The number of hydrogen-bond acceptors (Lipinski definition) is 6. The zero-order valence-corrected chi connectivity index (χ0v) is 15.2. The van der Waals surface area contributed by atoms with Crippen molar-refractivity contribution in [2.75, 3.05) is 13.1 Å². The van der Waals surface area contributed by atoms with Gasteiger partial charge in [-0.2, -0.15) is 15.3 Å². The second kappa shape index (κ2) is 7.79. The SMILES string of the molecule is N#Cc1cncc(OC2CCN(C(=O)N3N=CCC3c3cc(F)cc(F)c3)C2)n1. The molecule has 1 fully saturated rings. The van der Waals surface area contributed by atoms with Crippen molar-refractivity contribution in [3.63, 3.8) is 0 Å². The van der Waals surface area contributed by atoms with Crippen molar-refractivity contribution in [2.24, 2.45) is 5.10 Å². The zero-order chi connectivity index (χ0) is 20.4. The van der Waals surface area contributed by atoms with Gasteiger partial charge in [-0.3, -0.25) is 4.98 Å². The number of carbonyl (C=O) groups excluding carboxylic acids is 1. The van der Waals surface area contributed by atoms with Crippen LogP contribution in [0.15, 0.2) is 35.7 Å². The van der Waals surface area contributed by atoms with Crippen LogP contribution in [0.1, 0.15) is 30.1 Å². The number of ether oxygens (including phenoxy) is 1. The van der Waals surface area contributed by atoms with E-state index < -0.39 is 17.7 Å². The molecule has 0 bridgehead atoms. The van der Waals surface area contributed by atoms with Crippen LogP contribution < -0.4 is 4.74 Å². The van der Waals surface area contributed by atoms with Crippen LogP contribution in [0.5, 0.6) is 5.88 Å². The molecule has 2 aromatic rings. The second-order valence-corrected chi connectivity index (χ2v) is 6.71. The Bertz CT molecular complexity index is 988. The number of hydrogen-bond donors (Lipinski definition) is 0. The van der Waals surface area contributed by atoms with Crippen molar-refractivity contribution in [3.8, 4) is 11.9 Å². The first-order valence-corrected chi connectivity index (χ1v) is 8.99. The van der Waals surface area contributed by atoms with Crippen molar-refractivity contribution < 1.29 is 18.3 Å². The number of aromatic nitrogens is 2. The molecule has 1 aromatic carbocycles. The third-order valence-electron chi connectivity index (χ3n) is 4.73. The molecule has 3 heterocycles. The minimum atomic E-state index is -0.699. The monoisotopic (exact) mass is 398 g/mol. The van der Waals surface area contributed by atoms with Gasteiger partial charge < -0.3 is 9.64 Å².